The van der Waals surface area contributed by atoms with Crippen LogP contribution in [0.1, 0.15) is 82.8 Å². The molecule has 2 rings (SSSR count). The molecule has 0 radical (unpaired) electrons. The summed E-state index contributed by atoms with van der Waals surface area (Å²) in [5, 5.41) is 0. The van der Waals surface area contributed by atoms with E-state index in [0.717, 1.165) is 5.92 Å². The van der Waals surface area contributed by atoms with E-state index in [2.05, 4.69) is 56.3 Å². The fourth-order valence-electron chi connectivity index (χ4n) is 3.37. The minimum atomic E-state index is 0.768. The first-order valence-electron chi connectivity index (χ1n) is 9.81. The van der Waals surface area contributed by atoms with Gasteiger partial charge >= 0.3 is 0 Å². The molecule has 0 aliphatic heterocycles. The molecule has 0 amide bonds. The molecule has 0 spiro atoms. The second-order valence-electron chi connectivity index (χ2n) is 7.02. The Hall–Kier alpha value is -1.30. The van der Waals surface area contributed by atoms with Crippen molar-refractivity contribution in [2.45, 2.75) is 78.1 Å². The van der Waals surface area contributed by atoms with Crippen LogP contribution in [0.5, 0.6) is 0 Å². The van der Waals surface area contributed by atoms with Gasteiger partial charge in [-0.05, 0) is 48.3 Å². The van der Waals surface area contributed by atoms with E-state index in [4.69, 9.17) is 0 Å². The lowest BCUT2D eigenvalue weighted by Crippen LogP contribution is -2.00. The number of unbranched alkanes of at least 4 members (excludes halogenated alkanes) is 5. The molecule has 1 aliphatic carbocycles. The van der Waals surface area contributed by atoms with Crippen molar-refractivity contribution in [2.24, 2.45) is 5.92 Å². The first-order valence-corrected chi connectivity index (χ1v) is 9.81. The fourth-order valence-corrected chi connectivity index (χ4v) is 3.37. The summed E-state index contributed by atoms with van der Waals surface area (Å²) in [5.74, 6) is 0.768. The average molecular weight is 311 g/mol. The third-order valence-electron chi connectivity index (χ3n) is 4.97. The van der Waals surface area contributed by atoms with Crippen molar-refractivity contribution in [2.75, 3.05) is 0 Å². The van der Waals surface area contributed by atoms with E-state index in [1.807, 2.05) is 0 Å². The standard InChI is InChI=1S/C23H34/c1-3-5-7-9-11-21-14-18-23(19-15-21)22-16-12-20(13-17-22)10-8-6-4-2/h12-14,16-19,21H,3-11,15H2,1-2H3. The maximum Gasteiger partial charge on any atom is -0.0187 e. The number of benzene rings is 1. The van der Waals surface area contributed by atoms with E-state index >= 15 is 0 Å². The number of hydrogen-bond donors (Lipinski definition) is 0. The van der Waals surface area contributed by atoms with Crippen molar-refractivity contribution in [3.8, 4) is 0 Å². The average Bonchev–Trinajstić information content (AvgIpc) is 2.60. The Morgan fingerprint density at radius 1 is 0.870 bits per heavy atom. The lowest BCUT2D eigenvalue weighted by atomic mass is 9.89. The van der Waals surface area contributed by atoms with E-state index in [-0.39, 0.29) is 0 Å². The highest BCUT2D eigenvalue weighted by Gasteiger charge is 2.09. The Morgan fingerprint density at radius 3 is 2.26 bits per heavy atom. The largest absolute Gasteiger partial charge is 0.0805 e. The van der Waals surface area contributed by atoms with Crippen LogP contribution >= 0.6 is 0 Å². The van der Waals surface area contributed by atoms with Gasteiger partial charge in [-0.15, -0.1) is 0 Å². The molecule has 1 aromatic carbocycles. The normalized spacial score (nSPS) is 17.3. The Bertz CT molecular complexity index is 489. The summed E-state index contributed by atoms with van der Waals surface area (Å²) in [5.41, 5.74) is 4.27. The molecule has 23 heavy (non-hydrogen) atoms. The highest BCUT2D eigenvalue weighted by Crippen LogP contribution is 2.27. The molecular formula is C23H34. The predicted molar refractivity (Wildman–Crippen MR) is 104 cm³/mol. The second kappa shape index (κ2) is 10.5. The first-order chi connectivity index (χ1) is 11.3. The lowest BCUT2D eigenvalue weighted by molar-refractivity contribution is 0.532. The number of allylic oxidation sites excluding steroid dienone is 4. The van der Waals surface area contributed by atoms with Gasteiger partial charge in [0.1, 0.15) is 0 Å². The van der Waals surface area contributed by atoms with Gasteiger partial charge in [-0.1, -0.05) is 94.9 Å². The molecular weight excluding hydrogens is 276 g/mol. The Kier molecular flexibility index (Phi) is 8.21. The summed E-state index contributed by atoms with van der Waals surface area (Å²) in [6.45, 7) is 4.55. The van der Waals surface area contributed by atoms with E-state index in [0.29, 0.717) is 0 Å². The fraction of sp³-hybridized carbons (Fsp3) is 0.565. The highest BCUT2D eigenvalue weighted by molar-refractivity contribution is 5.75. The van der Waals surface area contributed by atoms with Gasteiger partial charge in [-0.3, -0.25) is 0 Å². The Morgan fingerprint density at radius 2 is 1.61 bits per heavy atom. The summed E-state index contributed by atoms with van der Waals surface area (Å²) in [4.78, 5) is 0. The van der Waals surface area contributed by atoms with Gasteiger partial charge in [0.15, 0.2) is 0 Å². The molecule has 0 nitrogen and oxygen atoms in total. The van der Waals surface area contributed by atoms with Crippen molar-refractivity contribution in [3.05, 3.63) is 53.6 Å². The maximum atomic E-state index is 2.44. The van der Waals surface area contributed by atoms with E-state index in [1.165, 1.54) is 80.9 Å². The minimum Gasteiger partial charge on any atom is -0.0805 e. The molecule has 1 unspecified atom stereocenters. The van der Waals surface area contributed by atoms with Crippen LogP contribution in [0.25, 0.3) is 5.57 Å². The van der Waals surface area contributed by atoms with Gasteiger partial charge in [0.2, 0.25) is 0 Å². The molecule has 1 aliphatic rings. The molecule has 0 N–H and O–H groups in total. The quantitative estimate of drug-likeness (QED) is 0.396. The molecule has 1 aromatic rings. The van der Waals surface area contributed by atoms with Crippen LogP contribution in [0.2, 0.25) is 0 Å². The van der Waals surface area contributed by atoms with Gasteiger partial charge in [-0.2, -0.15) is 0 Å². The van der Waals surface area contributed by atoms with Gasteiger partial charge in [0.25, 0.3) is 0 Å². The number of aryl methyl sites for hydroxylation is 1. The lowest BCUT2D eigenvalue weighted by Gasteiger charge is -2.16. The molecule has 0 fully saturated rings. The van der Waals surface area contributed by atoms with Crippen LogP contribution in [0.15, 0.2) is 42.5 Å². The van der Waals surface area contributed by atoms with E-state index in [1.54, 1.807) is 0 Å². The zero-order valence-electron chi connectivity index (χ0n) is 15.2. The number of rotatable bonds is 10. The third-order valence-corrected chi connectivity index (χ3v) is 4.97. The van der Waals surface area contributed by atoms with Crippen molar-refractivity contribution in [1.82, 2.24) is 0 Å². The Balaban J connectivity index is 1.79. The van der Waals surface area contributed by atoms with Crippen molar-refractivity contribution in [1.29, 1.82) is 0 Å². The summed E-state index contributed by atoms with van der Waals surface area (Å²) in [6.07, 6.45) is 20.5. The summed E-state index contributed by atoms with van der Waals surface area (Å²) >= 11 is 0. The molecule has 1 atom stereocenters. The van der Waals surface area contributed by atoms with Crippen molar-refractivity contribution < 1.29 is 0 Å². The van der Waals surface area contributed by atoms with Crippen LogP contribution in [-0.2, 0) is 6.42 Å². The van der Waals surface area contributed by atoms with Crippen molar-refractivity contribution >= 4 is 5.57 Å². The summed E-state index contributed by atoms with van der Waals surface area (Å²) < 4.78 is 0. The topological polar surface area (TPSA) is 0 Å². The monoisotopic (exact) mass is 310 g/mol. The van der Waals surface area contributed by atoms with Gasteiger partial charge in [-0.25, -0.2) is 0 Å². The summed E-state index contributed by atoms with van der Waals surface area (Å²) in [6, 6.07) is 9.24. The molecule has 126 valence electrons. The minimum absolute atomic E-state index is 0.768. The highest BCUT2D eigenvalue weighted by atomic mass is 14.1. The van der Waals surface area contributed by atoms with Crippen LogP contribution in [-0.4, -0.2) is 0 Å². The van der Waals surface area contributed by atoms with Gasteiger partial charge in [0, 0.05) is 0 Å². The molecule has 0 heteroatoms. The number of hydrogen-bond acceptors (Lipinski definition) is 0. The molecule has 0 bridgehead atoms. The van der Waals surface area contributed by atoms with Crippen LogP contribution in [0, 0.1) is 5.92 Å². The molecule has 0 aromatic heterocycles. The van der Waals surface area contributed by atoms with E-state index < -0.39 is 0 Å². The SMILES string of the molecule is CCCCCCC1C=CC(c2ccc(CCCCC)cc2)=CC1. The maximum absolute atomic E-state index is 2.44. The van der Waals surface area contributed by atoms with E-state index in [9.17, 15) is 0 Å². The molecule has 0 saturated carbocycles. The summed E-state index contributed by atoms with van der Waals surface area (Å²) in [7, 11) is 0. The van der Waals surface area contributed by atoms with Gasteiger partial charge in [0.05, 0.1) is 0 Å². The van der Waals surface area contributed by atoms with Crippen LogP contribution in [0.3, 0.4) is 0 Å². The van der Waals surface area contributed by atoms with Gasteiger partial charge < -0.3 is 0 Å². The van der Waals surface area contributed by atoms with Crippen LogP contribution < -0.4 is 0 Å². The molecule has 0 heterocycles. The zero-order chi connectivity index (χ0) is 16.3. The van der Waals surface area contributed by atoms with Crippen molar-refractivity contribution in [3.63, 3.8) is 0 Å². The smallest absolute Gasteiger partial charge is 0.0187 e. The molecule has 0 saturated heterocycles. The predicted octanol–water partition coefficient (Wildman–Crippen LogP) is 7.35. The second-order valence-corrected chi connectivity index (χ2v) is 7.02. The first kappa shape index (κ1) is 18.0. The Labute approximate surface area is 143 Å². The van der Waals surface area contributed by atoms with Crippen LogP contribution in [0.4, 0.5) is 0 Å². The third kappa shape index (κ3) is 6.37. The zero-order valence-corrected chi connectivity index (χ0v) is 15.2.